The van der Waals surface area contributed by atoms with E-state index in [1.54, 1.807) is 25.3 Å². The fourth-order valence-corrected chi connectivity index (χ4v) is 2.54. The smallest absolute Gasteiger partial charge is 0.276 e. The first-order chi connectivity index (χ1) is 11.1. The normalized spacial score (nSPS) is 14.9. The summed E-state index contributed by atoms with van der Waals surface area (Å²) in [7, 11) is 3.33. The van der Waals surface area contributed by atoms with Gasteiger partial charge in [0.05, 0.1) is 13.3 Å². The number of nitrogens with zero attached hydrogens (tertiary/aromatic N) is 7. The molecule has 9 heteroatoms. The second-order valence-corrected chi connectivity index (χ2v) is 5.37. The van der Waals surface area contributed by atoms with Crippen molar-refractivity contribution in [1.82, 2.24) is 29.9 Å². The molecule has 9 nitrogen and oxygen atoms in total. The van der Waals surface area contributed by atoms with E-state index in [1.165, 1.54) is 4.68 Å². The summed E-state index contributed by atoms with van der Waals surface area (Å²) in [5.74, 6) is 1.94. The Morgan fingerprint density at radius 3 is 2.57 bits per heavy atom. The maximum Gasteiger partial charge on any atom is 0.276 e. The van der Waals surface area contributed by atoms with Crippen LogP contribution in [0.2, 0.25) is 0 Å². The number of amides is 1. The lowest BCUT2D eigenvalue weighted by atomic mass is 10.3. The van der Waals surface area contributed by atoms with Gasteiger partial charge in [-0.2, -0.15) is 4.98 Å². The van der Waals surface area contributed by atoms with Crippen LogP contribution in [0, 0.1) is 6.92 Å². The zero-order valence-corrected chi connectivity index (χ0v) is 13.4. The van der Waals surface area contributed by atoms with Crippen LogP contribution >= 0.6 is 0 Å². The molecule has 1 saturated heterocycles. The van der Waals surface area contributed by atoms with Gasteiger partial charge in [-0.1, -0.05) is 5.21 Å². The number of aryl methyl sites for hydroxylation is 2. The lowest BCUT2D eigenvalue weighted by Crippen LogP contribution is -2.49. The van der Waals surface area contributed by atoms with Gasteiger partial charge in [0.2, 0.25) is 5.88 Å². The van der Waals surface area contributed by atoms with E-state index in [2.05, 4.69) is 25.2 Å². The van der Waals surface area contributed by atoms with Crippen molar-refractivity contribution in [3.63, 3.8) is 0 Å². The van der Waals surface area contributed by atoms with E-state index in [0.717, 1.165) is 5.82 Å². The van der Waals surface area contributed by atoms with Gasteiger partial charge in [-0.3, -0.25) is 9.48 Å². The van der Waals surface area contributed by atoms with E-state index in [9.17, 15) is 4.79 Å². The molecule has 1 aliphatic rings. The van der Waals surface area contributed by atoms with Gasteiger partial charge < -0.3 is 14.5 Å². The fraction of sp³-hybridized carbons (Fsp3) is 0.500. The molecule has 0 aliphatic carbocycles. The van der Waals surface area contributed by atoms with Crippen molar-refractivity contribution in [1.29, 1.82) is 0 Å². The number of hydrogen-bond acceptors (Lipinski definition) is 7. The summed E-state index contributed by atoms with van der Waals surface area (Å²) in [6, 6.07) is 1.81. The minimum absolute atomic E-state index is 0.0887. The van der Waals surface area contributed by atoms with Crippen LogP contribution in [0.25, 0.3) is 0 Å². The summed E-state index contributed by atoms with van der Waals surface area (Å²) in [4.78, 5) is 24.9. The van der Waals surface area contributed by atoms with Gasteiger partial charge in [-0.25, -0.2) is 4.98 Å². The molecular weight excluding hydrogens is 298 g/mol. The molecule has 3 rings (SSSR count). The average Bonchev–Trinajstić information content (AvgIpc) is 3.00. The van der Waals surface area contributed by atoms with E-state index in [4.69, 9.17) is 4.74 Å². The molecule has 23 heavy (non-hydrogen) atoms. The summed E-state index contributed by atoms with van der Waals surface area (Å²) in [6.45, 7) is 4.46. The number of anilines is 1. The molecule has 1 amide bonds. The first-order valence-electron chi connectivity index (χ1n) is 7.37. The van der Waals surface area contributed by atoms with E-state index in [0.29, 0.717) is 43.6 Å². The third-order valence-corrected chi connectivity index (χ3v) is 3.72. The Morgan fingerprint density at radius 1 is 1.22 bits per heavy atom. The van der Waals surface area contributed by atoms with Gasteiger partial charge in [0.15, 0.2) is 5.69 Å². The molecule has 1 fully saturated rings. The Bertz CT molecular complexity index is 707. The van der Waals surface area contributed by atoms with Crippen LogP contribution in [-0.4, -0.2) is 69.1 Å². The summed E-state index contributed by atoms with van der Waals surface area (Å²) in [6.07, 6.45) is 1.63. The molecule has 0 atom stereocenters. The monoisotopic (exact) mass is 317 g/mol. The van der Waals surface area contributed by atoms with Crippen molar-refractivity contribution in [3.8, 4) is 5.88 Å². The molecule has 0 N–H and O–H groups in total. The molecule has 2 aromatic rings. The van der Waals surface area contributed by atoms with E-state index >= 15 is 0 Å². The van der Waals surface area contributed by atoms with E-state index in [1.807, 2.05) is 13.0 Å². The van der Waals surface area contributed by atoms with E-state index < -0.39 is 0 Å². The van der Waals surface area contributed by atoms with Crippen LogP contribution < -0.4 is 9.64 Å². The standard InChI is InChI=1S/C14H19N7O2/c1-10-15-12(8-13(16-10)23-3)20-4-6-21(7-5-20)14(22)11-9-19(2)18-17-11/h8-9H,4-7H2,1-3H3. The quantitative estimate of drug-likeness (QED) is 0.780. The highest BCUT2D eigenvalue weighted by molar-refractivity contribution is 5.92. The Balaban J connectivity index is 1.66. The van der Waals surface area contributed by atoms with Crippen LogP contribution in [0.4, 0.5) is 5.82 Å². The van der Waals surface area contributed by atoms with Crippen LogP contribution in [-0.2, 0) is 7.05 Å². The minimum Gasteiger partial charge on any atom is -0.481 e. The zero-order chi connectivity index (χ0) is 16.4. The van der Waals surface area contributed by atoms with Gasteiger partial charge in [0.1, 0.15) is 11.6 Å². The number of aromatic nitrogens is 5. The number of hydrogen-bond donors (Lipinski definition) is 0. The highest BCUT2D eigenvalue weighted by atomic mass is 16.5. The largest absolute Gasteiger partial charge is 0.481 e. The Kier molecular flexibility index (Phi) is 4.09. The van der Waals surface area contributed by atoms with Crippen LogP contribution in [0.5, 0.6) is 5.88 Å². The molecule has 0 spiro atoms. The first-order valence-corrected chi connectivity index (χ1v) is 7.37. The molecule has 0 radical (unpaired) electrons. The van der Waals surface area contributed by atoms with Crippen LogP contribution in [0.15, 0.2) is 12.3 Å². The Labute approximate surface area is 133 Å². The molecule has 122 valence electrons. The lowest BCUT2D eigenvalue weighted by Gasteiger charge is -2.35. The summed E-state index contributed by atoms with van der Waals surface area (Å²) < 4.78 is 6.71. The SMILES string of the molecule is COc1cc(N2CCN(C(=O)c3cn(C)nn3)CC2)nc(C)n1. The van der Waals surface area contributed by atoms with Crippen molar-refractivity contribution in [2.24, 2.45) is 7.05 Å². The van der Waals surface area contributed by atoms with Gasteiger partial charge >= 0.3 is 0 Å². The van der Waals surface area contributed by atoms with Gasteiger partial charge in [0, 0.05) is 39.3 Å². The number of carbonyl (C=O) groups is 1. The van der Waals surface area contributed by atoms with Crippen molar-refractivity contribution >= 4 is 11.7 Å². The molecule has 1 aliphatic heterocycles. The van der Waals surface area contributed by atoms with Gasteiger partial charge in [-0.15, -0.1) is 5.10 Å². The first kappa shape index (κ1) is 15.2. The molecule has 3 heterocycles. The molecule has 0 unspecified atom stereocenters. The van der Waals surface area contributed by atoms with Crippen molar-refractivity contribution in [2.75, 3.05) is 38.2 Å². The maximum absolute atomic E-state index is 12.4. The molecule has 0 aromatic carbocycles. The predicted octanol–water partition coefficient (Wildman–Crippen LogP) is -0.115. The second kappa shape index (κ2) is 6.19. The average molecular weight is 317 g/mol. The van der Waals surface area contributed by atoms with E-state index in [-0.39, 0.29) is 5.91 Å². The third kappa shape index (κ3) is 3.22. The van der Waals surface area contributed by atoms with Crippen molar-refractivity contribution in [2.45, 2.75) is 6.92 Å². The predicted molar refractivity (Wildman–Crippen MR) is 82.4 cm³/mol. The number of piperazine rings is 1. The molecule has 0 bridgehead atoms. The topological polar surface area (TPSA) is 89.3 Å². The number of carbonyl (C=O) groups excluding carboxylic acids is 1. The van der Waals surface area contributed by atoms with Crippen LogP contribution in [0.3, 0.4) is 0 Å². The van der Waals surface area contributed by atoms with Gasteiger partial charge in [-0.05, 0) is 6.92 Å². The number of methoxy groups -OCH3 is 1. The maximum atomic E-state index is 12.4. The lowest BCUT2D eigenvalue weighted by molar-refractivity contribution is 0.0740. The number of ether oxygens (including phenoxy) is 1. The Morgan fingerprint density at radius 2 is 1.96 bits per heavy atom. The zero-order valence-electron chi connectivity index (χ0n) is 13.4. The summed E-state index contributed by atoms with van der Waals surface area (Å²) in [5.41, 5.74) is 0.375. The fourth-order valence-electron chi connectivity index (χ4n) is 2.54. The Hall–Kier alpha value is -2.71. The molecular formula is C14H19N7O2. The summed E-state index contributed by atoms with van der Waals surface area (Å²) in [5, 5.41) is 7.68. The van der Waals surface area contributed by atoms with Crippen LogP contribution in [0.1, 0.15) is 16.3 Å². The minimum atomic E-state index is -0.0887. The van der Waals surface area contributed by atoms with Crippen molar-refractivity contribution in [3.05, 3.63) is 23.8 Å². The second-order valence-electron chi connectivity index (χ2n) is 5.37. The molecule has 0 saturated carbocycles. The third-order valence-electron chi connectivity index (χ3n) is 3.72. The highest BCUT2D eigenvalue weighted by Crippen LogP contribution is 2.19. The van der Waals surface area contributed by atoms with Crippen molar-refractivity contribution < 1.29 is 9.53 Å². The number of rotatable bonds is 3. The molecule has 2 aromatic heterocycles. The summed E-state index contributed by atoms with van der Waals surface area (Å²) >= 11 is 0. The van der Waals surface area contributed by atoms with Gasteiger partial charge in [0.25, 0.3) is 5.91 Å². The highest BCUT2D eigenvalue weighted by Gasteiger charge is 2.25.